The molecule has 2 atom stereocenters. The summed E-state index contributed by atoms with van der Waals surface area (Å²) in [4.78, 5) is 7.85. The molecule has 2 aromatic heterocycles. The highest BCUT2D eigenvalue weighted by Crippen LogP contribution is 2.37. The number of fused-ring (bicyclic) bond motifs is 4. The van der Waals surface area contributed by atoms with Crippen LogP contribution in [-0.4, -0.2) is 45.6 Å². The molecule has 1 fully saturated rings. The SMILES string of the molecule is Cc1nn(C)c2c1OC[C@H]1COC[C@H]1Nc1nc(ncc1C(F)(F)F)N2. The summed E-state index contributed by atoms with van der Waals surface area (Å²) in [6.45, 7) is 2.74. The highest BCUT2D eigenvalue weighted by atomic mass is 19.4. The van der Waals surface area contributed by atoms with E-state index in [0.29, 0.717) is 23.9 Å². The van der Waals surface area contributed by atoms with Crippen molar-refractivity contribution in [3.63, 3.8) is 0 Å². The van der Waals surface area contributed by atoms with Crippen LogP contribution in [0.3, 0.4) is 0 Å². The van der Waals surface area contributed by atoms with Crippen LogP contribution in [0.5, 0.6) is 5.75 Å². The number of hydrogen-bond donors (Lipinski definition) is 2. The van der Waals surface area contributed by atoms with Gasteiger partial charge in [-0.3, -0.25) is 0 Å². The molecule has 0 unspecified atom stereocenters. The van der Waals surface area contributed by atoms with Crippen LogP contribution in [-0.2, 0) is 18.0 Å². The van der Waals surface area contributed by atoms with Crippen LogP contribution in [0.15, 0.2) is 6.20 Å². The van der Waals surface area contributed by atoms with E-state index in [2.05, 4.69) is 25.7 Å². The molecule has 2 bridgehead atoms. The van der Waals surface area contributed by atoms with Gasteiger partial charge in [0.05, 0.1) is 25.9 Å². The maximum absolute atomic E-state index is 13.3. The minimum Gasteiger partial charge on any atom is -0.487 e. The van der Waals surface area contributed by atoms with Gasteiger partial charge in [0, 0.05) is 19.2 Å². The van der Waals surface area contributed by atoms with Crippen molar-refractivity contribution in [2.45, 2.75) is 19.1 Å². The molecule has 4 heterocycles. The lowest BCUT2D eigenvalue weighted by molar-refractivity contribution is -0.137. The molecular weight excluding hydrogens is 353 g/mol. The van der Waals surface area contributed by atoms with E-state index in [1.807, 2.05) is 0 Å². The molecule has 140 valence electrons. The van der Waals surface area contributed by atoms with Crippen LogP contribution in [0.4, 0.5) is 30.8 Å². The van der Waals surface area contributed by atoms with Crippen LogP contribution in [0, 0.1) is 12.8 Å². The third-order valence-electron chi connectivity index (χ3n) is 4.45. The molecule has 2 aliphatic rings. The predicted octanol–water partition coefficient (Wildman–Crippen LogP) is 2.10. The van der Waals surface area contributed by atoms with Crippen molar-refractivity contribution in [1.82, 2.24) is 19.7 Å². The van der Waals surface area contributed by atoms with Crippen molar-refractivity contribution in [2.24, 2.45) is 13.0 Å². The van der Waals surface area contributed by atoms with Gasteiger partial charge >= 0.3 is 6.18 Å². The Kier molecular flexibility index (Phi) is 3.90. The van der Waals surface area contributed by atoms with Gasteiger partial charge in [-0.05, 0) is 6.92 Å². The second-order valence-electron chi connectivity index (χ2n) is 6.32. The van der Waals surface area contributed by atoms with Crippen LogP contribution in [0.25, 0.3) is 0 Å². The molecule has 26 heavy (non-hydrogen) atoms. The highest BCUT2D eigenvalue weighted by molar-refractivity contribution is 5.62. The van der Waals surface area contributed by atoms with Gasteiger partial charge in [0.15, 0.2) is 11.6 Å². The number of alkyl halides is 3. The predicted molar refractivity (Wildman–Crippen MR) is 85.5 cm³/mol. The molecule has 0 saturated carbocycles. The zero-order valence-corrected chi connectivity index (χ0v) is 14.1. The number of aromatic nitrogens is 4. The first kappa shape index (κ1) is 16.9. The van der Waals surface area contributed by atoms with E-state index in [9.17, 15) is 13.2 Å². The van der Waals surface area contributed by atoms with E-state index >= 15 is 0 Å². The van der Waals surface area contributed by atoms with E-state index in [-0.39, 0.29) is 36.9 Å². The van der Waals surface area contributed by atoms with Crippen LogP contribution in [0.2, 0.25) is 0 Å². The van der Waals surface area contributed by atoms with Crippen molar-refractivity contribution in [3.05, 3.63) is 17.5 Å². The lowest BCUT2D eigenvalue weighted by atomic mass is 10.0. The lowest BCUT2D eigenvalue weighted by Crippen LogP contribution is -2.33. The average molecular weight is 370 g/mol. The zero-order valence-electron chi connectivity index (χ0n) is 14.1. The first-order valence-corrected chi connectivity index (χ1v) is 8.05. The van der Waals surface area contributed by atoms with Crippen LogP contribution < -0.4 is 15.4 Å². The van der Waals surface area contributed by atoms with E-state index in [4.69, 9.17) is 9.47 Å². The highest BCUT2D eigenvalue weighted by Gasteiger charge is 2.38. The summed E-state index contributed by atoms with van der Waals surface area (Å²) < 4.78 is 52.9. The molecule has 0 aliphatic carbocycles. The van der Waals surface area contributed by atoms with Gasteiger partial charge in [0.2, 0.25) is 5.95 Å². The van der Waals surface area contributed by atoms with Gasteiger partial charge in [0.25, 0.3) is 0 Å². The second-order valence-corrected chi connectivity index (χ2v) is 6.32. The Hall–Kier alpha value is -2.56. The molecule has 2 N–H and O–H groups in total. The maximum atomic E-state index is 13.3. The minimum atomic E-state index is -4.57. The summed E-state index contributed by atoms with van der Waals surface area (Å²) in [5.74, 6) is 0.610. The number of nitrogens with zero attached hydrogens (tertiary/aromatic N) is 4. The molecule has 2 aromatic rings. The summed E-state index contributed by atoms with van der Waals surface area (Å²) in [5.41, 5.74) is -0.264. The van der Waals surface area contributed by atoms with Crippen molar-refractivity contribution >= 4 is 17.6 Å². The normalized spacial score (nSPS) is 22.3. The number of anilines is 3. The smallest absolute Gasteiger partial charge is 0.421 e. The number of hydrogen-bond acceptors (Lipinski definition) is 7. The van der Waals surface area contributed by atoms with E-state index in [1.165, 1.54) is 0 Å². The first-order valence-electron chi connectivity index (χ1n) is 8.05. The zero-order chi connectivity index (χ0) is 18.5. The third kappa shape index (κ3) is 2.91. The topological polar surface area (TPSA) is 86.1 Å². The molecule has 0 aromatic carbocycles. The summed E-state index contributed by atoms with van der Waals surface area (Å²) in [5, 5.41) is 10.1. The van der Waals surface area contributed by atoms with Gasteiger partial charge in [-0.2, -0.15) is 23.3 Å². The quantitative estimate of drug-likeness (QED) is 0.734. The first-order chi connectivity index (χ1) is 12.3. The Labute approximate surface area is 146 Å². The van der Waals surface area contributed by atoms with Crippen molar-refractivity contribution in [3.8, 4) is 5.75 Å². The number of aryl methyl sites for hydroxylation is 2. The van der Waals surface area contributed by atoms with Gasteiger partial charge < -0.3 is 20.1 Å². The van der Waals surface area contributed by atoms with E-state index < -0.39 is 11.7 Å². The van der Waals surface area contributed by atoms with E-state index in [1.54, 1.807) is 18.7 Å². The van der Waals surface area contributed by atoms with Crippen molar-refractivity contribution in [1.29, 1.82) is 0 Å². The van der Waals surface area contributed by atoms with Crippen LogP contribution >= 0.6 is 0 Å². The van der Waals surface area contributed by atoms with E-state index in [0.717, 1.165) is 6.20 Å². The fourth-order valence-electron chi connectivity index (χ4n) is 3.10. The number of ether oxygens (including phenoxy) is 2. The molecule has 2 aliphatic heterocycles. The second kappa shape index (κ2) is 6.01. The summed E-state index contributed by atoms with van der Waals surface area (Å²) >= 11 is 0. The Balaban J connectivity index is 1.82. The monoisotopic (exact) mass is 370 g/mol. The third-order valence-corrected chi connectivity index (χ3v) is 4.45. The average Bonchev–Trinajstić information content (AvgIpc) is 3.09. The summed E-state index contributed by atoms with van der Waals surface area (Å²) in [6.07, 6.45) is -3.80. The standard InChI is InChI=1S/C15H17F3N6O2/c1-7-11-13(24(2)23-7)22-14-19-3-9(15(16,17)18)12(21-14)20-10-6-25-4-8(10)5-26-11/h3,8,10H,4-6H2,1-2H3,(H2,19,20,21,22)/t8-,10-/m1/s1. The fourth-order valence-corrected chi connectivity index (χ4v) is 3.10. The Bertz CT molecular complexity index is 838. The van der Waals surface area contributed by atoms with Gasteiger partial charge in [0.1, 0.15) is 17.1 Å². The van der Waals surface area contributed by atoms with Gasteiger partial charge in [-0.1, -0.05) is 0 Å². The van der Waals surface area contributed by atoms with Gasteiger partial charge in [-0.15, -0.1) is 0 Å². The number of halogens is 3. The molecule has 8 nitrogen and oxygen atoms in total. The minimum absolute atomic E-state index is 0.0192. The van der Waals surface area contributed by atoms with Crippen LogP contribution in [0.1, 0.15) is 11.3 Å². The Morgan fingerprint density at radius 3 is 2.85 bits per heavy atom. The number of rotatable bonds is 0. The molecule has 4 rings (SSSR count). The Morgan fingerprint density at radius 2 is 2.08 bits per heavy atom. The summed E-state index contributed by atoms with van der Waals surface area (Å²) in [6, 6.07) is -0.350. The molecule has 0 amide bonds. The molecule has 1 saturated heterocycles. The Morgan fingerprint density at radius 1 is 1.27 bits per heavy atom. The van der Waals surface area contributed by atoms with Crippen molar-refractivity contribution < 1.29 is 22.6 Å². The molecule has 0 radical (unpaired) electrons. The molecule has 11 heteroatoms. The molecule has 0 spiro atoms. The lowest BCUT2D eigenvalue weighted by Gasteiger charge is -2.21. The van der Waals surface area contributed by atoms with Crippen molar-refractivity contribution in [2.75, 3.05) is 30.5 Å². The number of nitrogens with one attached hydrogen (secondary N) is 2. The van der Waals surface area contributed by atoms with Gasteiger partial charge in [-0.25, -0.2) is 9.67 Å². The maximum Gasteiger partial charge on any atom is 0.421 e. The largest absolute Gasteiger partial charge is 0.487 e. The summed E-state index contributed by atoms with van der Waals surface area (Å²) in [7, 11) is 1.70. The molecular formula is C15H17F3N6O2. The fraction of sp³-hybridized carbons (Fsp3) is 0.533.